The van der Waals surface area contributed by atoms with Crippen LogP contribution < -0.4 is 5.32 Å². The van der Waals surface area contributed by atoms with Gasteiger partial charge in [-0.15, -0.1) is 0 Å². The SMILES string of the molecule is COC(=O)[C@]1(CC(C)C)C/C(=C\c2ccccc2)C(=O)N1. The van der Waals surface area contributed by atoms with Crippen LogP contribution in [0.5, 0.6) is 0 Å². The molecule has 1 fully saturated rings. The monoisotopic (exact) mass is 287 g/mol. The first-order chi connectivity index (χ1) is 9.97. The number of rotatable bonds is 4. The van der Waals surface area contributed by atoms with Gasteiger partial charge in [0.05, 0.1) is 7.11 Å². The van der Waals surface area contributed by atoms with Crippen LogP contribution in [0.2, 0.25) is 0 Å². The van der Waals surface area contributed by atoms with E-state index in [0.29, 0.717) is 18.4 Å². The van der Waals surface area contributed by atoms with Crippen LogP contribution in [0, 0.1) is 5.92 Å². The maximum absolute atomic E-state index is 12.2. The number of esters is 1. The van der Waals surface area contributed by atoms with Gasteiger partial charge in [-0.1, -0.05) is 44.2 Å². The molecule has 2 rings (SSSR count). The van der Waals surface area contributed by atoms with E-state index in [-0.39, 0.29) is 17.8 Å². The zero-order valence-electron chi connectivity index (χ0n) is 12.7. The molecule has 1 aliphatic heterocycles. The molecular formula is C17H21NO3. The Morgan fingerprint density at radius 3 is 2.62 bits per heavy atom. The van der Waals surface area contributed by atoms with Crippen molar-refractivity contribution in [1.82, 2.24) is 5.32 Å². The molecule has 1 saturated heterocycles. The predicted molar refractivity (Wildman–Crippen MR) is 81.4 cm³/mol. The standard InChI is InChI=1S/C17H21NO3/c1-12(2)10-17(16(20)21-3)11-14(15(19)18-17)9-13-7-5-4-6-8-13/h4-9,12H,10-11H2,1-3H3,(H,18,19)/b14-9+/t17-/m0/s1. The average molecular weight is 287 g/mol. The summed E-state index contributed by atoms with van der Waals surface area (Å²) in [6, 6.07) is 9.62. The molecule has 1 amide bonds. The van der Waals surface area contributed by atoms with E-state index < -0.39 is 5.54 Å². The van der Waals surface area contributed by atoms with Gasteiger partial charge in [-0.3, -0.25) is 4.79 Å². The Labute approximate surface area is 125 Å². The Hall–Kier alpha value is -2.10. The lowest BCUT2D eigenvalue weighted by Crippen LogP contribution is -2.50. The van der Waals surface area contributed by atoms with Gasteiger partial charge < -0.3 is 10.1 Å². The molecule has 1 aromatic carbocycles. The molecule has 1 heterocycles. The van der Waals surface area contributed by atoms with Crippen LogP contribution in [0.15, 0.2) is 35.9 Å². The van der Waals surface area contributed by atoms with Gasteiger partial charge in [-0.05, 0) is 24.0 Å². The lowest BCUT2D eigenvalue weighted by molar-refractivity contribution is -0.149. The van der Waals surface area contributed by atoms with Gasteiger partial charge in [0.25, 0.3) is 0 Å². The molecule has 1 aliphatic rings. The molecule has 0 aromatic heterocycles. The van der Waals surface area contributed by atoms with E-state index in [1.807, 2.05) is 50.3 Å². The third kappa shape index (κ3) is 3.32. The second kappa shape index (κ2) is 6.12. The normalized spacial score (nSPS) is 23.4. The van der Waals surface area contributed by atoms with Crippen LogP contribution in [-0.2, 0) is 14.3 Å². The summed E-state index contributed by atoms with van der Waals surface area (Å²) in [6.07, 6.45) is 2.77. The van der Waals surface area contributed by atoms with Crippen LogP contribution in [0.4, 0.5) is 0 Å². The van der Waals surface area contributed by atoms with Crippen molar-refractivity contribution >= 4 is 18.0 Å². The molecule has 4 heteroatoms. The van der Waals surface area contributed by atoms with E-state index in [1.165, 1.54) is 7.11 Å². The summed E-state index contributed by atoms with van der Waals surface area (Å²) < 4.78 is 4.90. The van der Waals surface area contributed by atoms with Crippen LogP contribution in [0.1, 0.15) is 32.3 Å². The van der Waals surface area contributed by atoms with Crippen molar-refractivity contribution in [2.24, 2.45) is 5.92 Å². The van der Waals surface area contributed by atoms with Crippen LogP contribution in [0.3, 0.4) is 0 Å². The molecule has 0 spiro atoms. The molecule has 0 unspecified atom stereocenters. The first-order valence-electron chi connectivity index (χ1n) is 7.13. The minimum Gasteiger partial charge on any atom is -0.467 e. The Balaban J connectivity index is 2.31. The van der Waals surface area contributed by atoms with E-state index in [1.54, 1.807) is 0 Å². The molecule has 0 aliphatic carbocycles. The summed E-state index contributed by atoms with van der Waals surface area (Å²) in [7, 11) is 1.36. The van der Waals surface area contributed by atoms with Gasteiger partial charge in [-0.2, -0.15) is 0 Å². The fraction of sp³-hybridized carbons (Fsp3) is 0.412. The highest BCUT2D eigenvalue weighted by Gasteiger charge is 2.48. The van der Waals surface area contributed by atoms with Gasteiger partial charge in [0, 0.05) is 12.0 Å². The fourth-order valence-electron chi connectivity index (χ4n) is 2.84. The van der Waals surface area contributed by atoms with E-state index >= 15 is 0 Å². The number of hydrogen-bond donors (Lipinski definition) is 1. The minimum absolute atomic E-state index is 0.190. The molecule has 1 aromatic rings. The molecule has 0 saturated carbocycles. The summed E-state index contributed by atoms with van der Waals surface area (Å²) in [5.41, 5.74) is 0.640. The summed E-state index contributed by atoms with van der Waals surface area (Å²) in [4.78, 5) is 24.4. The molecular weight excluding hydrogens is 266 g/mol. The van der Waals surface area contributed by atoms with Crippen molar-refractivity contribution < 1.29 is 14.3 Å². The molecule has 1 N–H and O–H groups in total. The fourth-order valence-corrected chi connectivity index (χ4v) is 2.84. The number of hydrogen-bond acceptors (Lipinski definition) is 3. The summed E-state index contributed by atoms with van der Waals surface area (Å²) in [5.74, 6) is -0.286. The molecule has 1 atom stereocenters. The second-order valence-corrected chi connectivity index (χ2v) is 5.88. The van der Waals surface area contributed by atoms with Crippen molar-refractivity contribution in [3.8, 4) is 0 Å². The zero-order chi connectivity index (χ0) is 15.5. The van der Waals surface area contributed by atoms with E-state index in [4.69, 9.17) is 4.74 Å². The van der Waals surface area contributed by atoms with E-state index in [2.05, 4.69) is 5.32 Å². The Bertz CT molecular complexity index is 563. The molecule has 4 nitrogen and oxygen atoms in total. The molecule has 112 valence electrons. The Morgan fingerprint density at radius 2 is 2.05 bits per heavy atom. The number of ether oxygens (including phenoxy) is 1. The number of methoxy groups -OCH3 is 1. The quantitative estimate of drug-likeness (QED) is 0.684. The lowest BCUT2D eigenvalue weighted by Gasteiger charge is -2.27. The average Bonchev–Trinajstić information content (AvgIpc) is 2.75. The van der Waals surface area contributed by atoms with Crippen molar-refractivity contribution in [2.45, 2.75) is 32.2 Å². The Morgan fingerprint density at radius 1 is 1.38 bits per heavy atom. The van der Waals surface area contributed by atoms with Crippen LogP contribution in [0.25, 0.3) is 6.08 Å². The van der Waals surface area contributed by atoms with Gasteiger partial charge >= 0.3 is 5.97 Å². The minimum atomic E-state index is -0.930. The molecule has 21 heavy (non-hydrogen) atoms. The van der Waals surface area contributed by atoms with Gasteiger partial charge in [0.2, 0.25) is 5.91 Å². The number of amides is 1. The predicted octanol–water partition coefficient (Wildman–Crippen LogP) is 2.55. The topological polar surface area (TPSA) is 55.4 Å². The first-order valence-corrected chi connectivity index (χ1v) is 7.13. The first kappa shape index (κ1) is 15.3. The maximum atomic E-state index is 12.2. The van der Waals surface area contributed by atoms with Gasteiger partial charge in [0.1, 0.15) is 5.54 Å². The van der Waals surface area contributed by atoms with Crippen molar-refractivity contribution in [3.63, 3.8) is 0 Å². The third-order valence-electron chi connectivity index (χ3n) is 3.61. The van der Waals surface area contributed by atoms with Crippen LogP contribution >= 0.6 is 0 Å². The zero-order valence-corrected chi connectivity index (χ0v) is 12.7. The smallest absolute Gasteiger partial charge is 0.331 e. The highest BCUT2D eigenvalue weighted by Crippen LogP contribution is 2.33. The third-order valence-corrected chi connectivity index (χ3v) is 3.61. The summed E-state index contributed by atoms with van der Waals surface area (Å²) >= 11 is 0. The number of benzene rings is 1. The van der Waals surface area contributed by atoms with E-state index in [0.717, 1.165) is 5.56 Å². The van der Waals surface area contributed by atoms with Crippen LogP contribution in [-0.4, -0.2) is 24.5 Å². The van der Waals surface area contributed by atoms with Crippen molar-refractivity contribution in [1.29, 1.82) is 0 Å². The number of nitrogens with one attached hydrogen (secondary N) is 1. The number of carbonyl (C=O) groups is 2. The maximum Gasteiger partial charge on any atom is 0.331 e. The number of carbonyl (C=O) groups excluding carboxylic acids is 2. The highest BCUT2D eigenvalue weighted by molar-refractivity contribution is 6.05. The molecule has 0 radical (unpaired) electrons. The molecule has 0 bridgehead atoms. The van der Waals surface area contributed by atoms with Crippen molar-refractivity contribution in [2.75, 3.05) is 7.11 Å². The van der Waals surface area contributed by atoms with Gasteiger partial charge in [0.15, 0.2) is 0 Å². The summed E-state index contributed by atoms with van der Waals surface area (Å²) in [5, 5.41) is 2.84. The lowest BCUT2D eigenvalue weighted by atomic mass is 9.86. The second-order valence-electron chi connectivity index (χ2n) is 5.88. The largest absolute Gasteiger partial charge is 0.467 e. The van der Waals surface area contributed by atoms with Crippen molar-refractivity contribution in [3.05, 3.63) is 41.5 Å². The van der Waals surface area contributed by atoms with E-state index in [9.17, 15) is 9.59 Å². The summed E-state index contributed by atoms with van der Waals surface area (Å²) in [6.45, 7) is 4.05. The Kier molecular flexibility index (Phi) is 4.46. The highest BCUT2D eigenvalue weighted by atomic mass is 16.5. The van der Waals surface area contributed by atoms with Gasteiger partial charge in [-0.25, -0.2) is 4.79 Å².